The highest BCUT2D eigenvalue weighted by Crippen LogP contribution is 2.33. The van der Waals surface area contributed by atoms with Crippen LogP contribution in [0.2, 0.25) is 10.0 Å². The third-order valence-corrected chi connectivity index (χ3v) is 8.15. The van der Waals surface area contributed by atoms with E-state index in [0.717, 1.165) is 9.87 Å². The molecule has 38 heavy (non-hydrogen) atoms. The van der Waals surface area contributed by atoms with Gasteiger partial charge in [0.05, 0.1) is 22.7 Å². The largest absolute Gasteiger partial charge is 0.497 e. The molecule has 0 bridgehead atoms. The number of benzene rings is 3. The van der Waals surface area contributed by atoms with Crippen LogP contribution in [-0.2, 0) is 26.2 Å². The quantitative estimate of drug-likeness (QED) is 0.354. The van der Waals surface area contributed by atoms with Gasteiger partial charge in [-0.2, -0.15) is 0 Å². The van der Waals surface area contributed by atoms with Gasteiger partial charge in [0.25, 0.3) is 10.0 Å². The number of anilines is 1. The van der Waals surface area contributed by atoms with E-state index >= 15 is 0 Å². The second-order valence-electron chi connectivity index (χ2n) is 8.36. The highest BCUT2D eigenvalue weighted by atomic mass is 35.5. The van der Waals surface area contributed by atoms with Crippen LogP contribution >= 0.6 is 23.2 Å². The molecule has 202 valence electrons. The topological polar surface area (TPSA) is 96.0 Å². The van der Waals surface area contributed by atoms with E-state index in [1.807, 2.05) is 0 Å². The van der Waals surface area contributed by atoms with Crippen LogP contribution in [-0.4, -0.2) is 51.4 Å². The molecular formula is C27H29Cl2N3O5S. The van der Waals surface area contributed by atoms with E-state index in [0.29, 0.717) is 12.3 Å². The second kappa shape index (κ2) is 13.0. The molecule has 0 spiro atoms. The van der Waals surface area contributed by atoms with Crippen LogP contribution in [0.3, 0.4) is 0 Å². The number of nitrogens with zero attached hydrogens (tertiary/aromatic N) is 2. The fraction of sp³-hybridized carbons (Fsp3) is 0.259. The monoisotopic (exact) mass is 577 g/mol. The van der Waals surface area contributed by atoms with Gasteiger partial charge in [-0.3, -0.25) is 13.9 Å². The minimum absolute atomic E-state index is 0.0256. The summed E-state index contributed by atoms with van der Waals surface area (Å²) in [4.78, 5) is 27.9. The zero-order valence-corrected chi connectivity index (χ0v) is 23.6. The van der Waals surface area contributed by atoms with Crippen LogP contribution in [0.15, 0.2) is 77.7 Å². The average Bonchev–Trinajstić information content (AvgIpc) is 2.92. The number of hydrogen-bond acceptors (Lipinski definition) is 5. The molecule has 0 aliphatic carbocycles. The first-order valence-electron chi connectivity index (χ1n) is 11.8. The van der Waals surface area contributed by atoms with E-state index in [4.69, 9.17) is 27.9 Å². The summed E-state index contributed by atoms with van der Waals surface area (Å²) in [5.74, 6) is -0.332. The van der Waals surface area contributed by atoms with Crippen LogP contribution < -0.4 is 14.4 Å². The Kier molecular flexibility index (Phi) is 10.0. The van der Waals surface area contributed by atoms with Gasteiger partial charge < -0.3 is 15.0 Å². The molecule has 0 aromatic heterocycles. The van der Waals surface area contributed by atoms with Crippen molar-refractivity contribution < 1.29 is 22.7 Å². The van der Waals surface area contributed by atoms with Crippen molar-refractivity contribution >= 4 is 50.7 Å². The van der Waals surface area contributed by atoms with E-state index in [1.54, 1.807) is 63.4 Å². The van der Waals surface area contributed by atoms with Crippen molar-refractivity contribution in [1.29, 1.82) is 0 Å². The SMILES string of the molecule is CCNC(=O)C(C)N(Cc1ccc(OC)cc1)C(=O)CN(c1cc(Cl)ccc1Cl)S(=O)(=O)c1ccccc1. The molecule has 3 rings (SSSR count). The Hall–Kier alpha value is -3.27. The Bertz CT molecular complexity index is 1370. The average molecular weight is 579 g/mol. The van der Waals surface area contributed by atoms with Crippen molar-refractivity contribution in [2.45, 2.75) is 31.3 Å². The van der Waals surface area contributed by atoms with Crippen molar-refractivity contribution in [3.8, 4) is 5.75 Å². The van der Waals surface area contributed by atoms with Crippen molar-refractivity contribution in [3.05, 3.63) is 88.4 Å². The molecule has 0 saturated heterocycles. The minimum Gasteiger partial charge on any atom is -0.497 e. The predicted molar refractivity (Wildman–Crippen MR) is 149 cm³/mol. The van der Waals surface area contributed by atoms with Gasteiger partial charge in [-0.15, -0.1) is 0 Å². The number of methoxy groups -OCH3 is 1. The van der Waals surface area contributed by atoms with Gasteiger partial charge in [-0.1, -0.05) is 53.5 Å². The zero-order chi connectivity index (χ0) is 27.9. The molecule has 1 unspecified atom stereocenters. The maximum atomic E-state index is 13.8. The highest BCUT2D eigenvalue weighted by molar-refractivity contribution is 7.92. The summed E-state index contributed by atoms with van der Waals surface area (Å²) < 4.78 is 33.6. The zero-order valence-electron chi connectivity index (χ0n) is 21.2. The van der Waals surface area contributed by atoms with Gasteiger partial charge in [0.2, 0.25) is 11.8 Å². The summed E-state index contributed by atoms with van der Waals surface area (Å²) in [6.45, 7) is 3.19. The summed E-state index contributed by atoms with van der Waals surface area (Å²) >= 11 is 12.6. The Labute approximate surface area is 233 Å². The smallest absolute Gasteiger partial charge is 0.264 e. The molecule has 0 fully saturated rings. The predicted octanol–water partition coefficient (Wildman–Crippen LogP) is 4.75. The molecule has 0 saturated carbocycles. The standard InChI is InChI=1S/C27H29Cl2N3O5S/c1-4-30-27(34)19(2)31(17-20-10-13-22(37-3)14-11-20)26(33)18-32(25-16-21(28)12-15-24(25)29)38(35,36)23-8-6-5-7-9-23/h5-16,19H,4,17-18H2,1-3H3,(H,30,34). The number of ether oxygens (including phenoxy) is 1. The van der Waals surface area contributed by atoms with Crippen molar-refractivity contribution in [1.82, 2.24) is 10.2 Å². The lowest BCUT2D eigenvalue weighted by atomic mass is 10.1. The molecule has 11 heteroatoms. The highest BCUT2D eigenvalue weighted by Gasteiger charge is 2.33. The molecule has 3 aromatic carbocycles. The Morgan fingerprint density at radius 3 is 2.26 bits per heavy atom. The number of carbonyl (C=O) groups is 2. The van der Waals surface area contributed by atoms with E-state index < -0.39 is 28.5 Å². The van der Waals surface area contributed by atoms with Crippen molar-refractivity contribution in [2.24, 2.45) is 0 Å². The van der Waals surface area contributed by atoms with Gasteiger partial charge >= 0.3 is 0 Å². The van der Waals surface area contributed by atoms with Crippen LogP contribution in [0.25, 0.3) is 0 Å². The molecule has 2 amide bonds. The third-order valence-electron chi connectivity index (χ3n) is 5.82. The van der Waals surface area contributed by atoms with Crippen molar-refractivity contribution in [2.75, 3.05) is 24.5 Å². The Morgan fingerprint density at radius 1 is 1.00 bits per heavy atom. The third kappa shape index (κ3) is 6.98. The van der Waals surface area contributed by atoms with Gasteiger partial charge in [0, 0.05) is 18.1 Å². The fourth-order valence-corrected chi connectivity index (χ4v) is 5.62. The van der Waals surface area contributed by atoms with E-state index in [2.05, 4.69) is 5.32 Å². The minimum atomic E-state index is -4.23. The number of carbonyl (C=O) groups excluding carboxylic acids is 2. The van der Waals surface area contributed by atoms with Crippen LogP contribution in [0, 0.1) is 0 Å². The molecule has 0 aliphatic heterocycles. The first kappa shape index (κ1) is 29.3. The molecule has 1 N–H and O–H groups in total. The van der Waals surface area contributed by atoms with E-state index in [-0.39, 0.29) is 33.1 Å². The summed E-state index contributed by atoms with van der Waals surface area (Å²) in [6.07, 6.45) is 0. The summed E-state index contributed by atoms with van der Waals surface area (Å²) in [6, 6.07) is 18.2. The molecule has 3 aromatic rings. The van der Waals surface area contributed by atoms with E-state index in [1.165, 1.54) is 35.2 Å². The summed E-state index contributed by atoms with van der Waals surface area (Å²) in [7, 11) is -2.69. The van der Waals surface area contributed by atoms with Gasteiger partial charge in [-0.25, -0.2) is 8.42 Å². The number of hydrogen-bond donors (Lipinski definition) is 1. The molecule has 0 heterocycles. The summed E-state index contributed by atoms with van der Waals surface area (Å²) in [5, 5.41) is 3.06. The van der Waals surface area contributed by atoms with Crippen molar-refractivity contribution in [3.63, 3.8) is 0 Å². The van der Waals surface area contributed by atoms with Gasteiger partial charge in [-0.05, 0) is 61.9 Å². The number of halogens is 2. The molecule has 8 nitrogen and oxygen atoms in total. The van der Waals surface area contributed by atoms with Gasteiger partial charge in [0.1, 0.15) is 18.3 Å². The molecule has 0 radical (unpaired) electrons. The number of sulfonamides is 1. The fourth-order valence-electron chi connectivity index (χ4n) is 3.74. The Balaban J connectivity index is 2.05. The Morgan fingerprint density at radius 2 is 1.66 bits per heavy atom. The van der Waals surface area contributed by atoms with Gasteiger partial charge in [0.15, 0.2) is 0 Å². The second-order valence-corrected chi connectivity index (χ2v) is 11.1. The number of likely N-dealkylation sites (N-methyl/N-ethyl adjacent to an activating group) is 1. The lowest BCUT2D eigenvalue weighted by molar-refractivity contribution is -0.139. The maximum absolute atomic E-state index is 13.8. The molecular weight excluding hydrogens is 549 g/mol. The molecule has 1 atom stereocenters. The van der Waals surface area contributed by atoms with E-state index in [9.17, 15) is 18.0 Å². The molecule has 0 aliphatic rings. The number of amides is 2. The normalized spacial score (nSPS) is 11.9. The number of nitrogens with one attached hydrogen (secondary N) is 1. The first-order valence-corrected chi connectivity index (χ1v) is 14.0. The first-order chi connectivity index (χ1) is 18.1. The lowest BCUT2D eigenvalue weighted by Crippen LogP contribution is -2.51. The maximum Gasteiger partial charge on any atom is 0.264 e. The lowest BCUT2D eigenvalue weighted by Gasteiger charge is -2.32. The van der Waals surface area contributed by atoms with Crippen LogP contribution in [0.5, 0.6) is 5.75 Å². The summed E-state index contributed by atoms with van der Waals surface area (Å²) in [5.41, 5.74) is 0.778. The van der Waals surface area contributed by atoms with Crippen LogP contribution in [0.4, 0.5) is 5.69 Å². The van der Waals surface area contributed by atoms with Crippen LogP contribution in [0.1, 0.15) is 19.4 Å². The number of rotatable bonds is 11.